The minimum Gasteiger partial charge on any atom is -0.508 e. The molecule has 0 aliphatic rings. The first-order chi connectivity index (χ1) is 15.1. The van der Waals surface area contributed by atoms with Crippen LogP contribution in [0.15, 0.2) is 54.6 Å². The van der Waals surface area contributed by atoms with Gasteiger partial charge in [0.15, 0.2) is 0 Å². The van der Waals surface area contributed by atoms with Gasteiger partial charge in [0.1, 0.15) is 17.3 Å². The highest BCUT2D eigenvalue weighted by atomic mass is 19.4. The van der Waals surface area contributed by atoms with Crippen molar-refractivity contribution in [3.63, 3.8) is 0 Å². The third-order valence-electron chi connectivity index (χ3n) is 4.52. The number of hydrogen-bond donors (Lipinski definition) is 4. The van der Waals surface area contributed by atoms with E-state index in [0.29, 0.717) is 22.8 Å². The molecular formula is C22H23F3N4O3. The number of benzene rings is 2. The number of ether oxygens (including phenoxy) is 1. The Labute approximate surface area is 182 Å². The molecule has 2 aromatic carbocycles. The molecule has 32 heavy (non-hydrogen) atoms. The molecule has 1 aromatic heterocycles. The average molecular weight is 448 g/mol. The molecule has 0 fully saturated rings. The molecule has 0 radical (unpaired) electrons. The standard InChI is InChI=1S/C22H23F3N4O3/c1-13(2)19(12-30)28-21-27-18(14-5-3-8-17(9-14)32-22(23,24)25)11-20(29-21)26-15-6-4-7-16(31)10-15/h3-11,13,19,30-31H,12H2,1-2H3,(H2,26,27,28,29)/t19-/m1/s1. The Morgan fingerprint density at radius 3 is 2.44 bits per heavy atom. The summed E-state index contributed by atoms with van der Waals surface area (Å²) < 4.78 is 41.9. The second-order valence-electron chi connectivity index (χ2n) is 7.39. The molecule has 0 saturated heterocycles. The molecule has 0 bridgehead atoms. The predicted molar refractivity (Wildman–Crippen MR) is 115 cm³/mol. The molecule has 0 unspecified atom stereocenters. The number of anilines is 3. The molecular weight excluding hydrogens is 425 g/mol. The Morgan fingerprint density at radius 2 is 1.78 bits per heavy atom. The number of alkyl halides is 3. The monoisotopic (exact) mass is 448 g/mol. The highest BCUT2D eigenvalue weighted by Gasteiger charge is 2.31. The van der Waals surface area contributed by atoms with Crippen LogP contribution in [0.2, 0.25) is 0 Å². The summed E-state index contributed by atoms with van der Waals surface area (Å²) in [5.41, 5.74) is 1.26. The molecule has 4 N–H and O–H groups in total. The molecule has 0 aliphatic heterocycles. The highest BCUT2D eigenvalue weighted by molar-refractivity contribution is 5.68. The van der Waals surface area contributed by atoms with Crippen molar-refractivity contribution < 1.29 is 28.1 Å². The quantitative estimate of drug-likeness (QED) is 0.388. The van der Waals surface area contributed by atoms with Crippen LogP contribution >= 0.6 is 0 Å². The van der Waals surface area contributed by atoms with Gasteiger partial charge < -0.3 is 25.6 Å². The molecule has 3 rings (SSSR count). The first-order valence-corrected chi connectivity index (χ1v) is 9.81. The molecule has 0 spiro atoms. The number of rotatable bonds is 8. The zero-order valence-corrected chi connectivity index (χ0v) is 17.4. The smallest absolute Gasteiger partial charge is 0.508 e. The van der Waals surface area contributed by atoms with Crippen molar-refractivity contribution in [1.82, 2.24) is 9.97 Å². The van der Waals surface area contributed by atoms with E-state index in [2.05, 4.69) is 25.3 Å². The Balaban J connectivity index is 2.00. The average Bonchev–Trinajstić information content (AvgIpc) is 2.70. The lowest BCUT2D eigenvalue weighted by Gasteiger charge is -2.21. The summed E-state index contributed by atoms with van der Waals surface area (Å²) in [7, 11) is 0. The summed E-state index contributed by atoms with van der Waals surface area (Å²) in [6.45, 7) is 3.68. The maximum absolute atomic E-state index is 12.6. The normalized spacial score (nSPS) is 12.5. The number of aromatic hydroxyl groups is 1. The summed E-state index contributed by atoms with van der Waals surface area (Å²) in [6, 6.07) is 13.1. The van der Waals surface area contributed by atoms with E-state index in [1.807, 2.05) is 13.8 Å². The molecule has 1 atom stereocenters. The number of aromatic nitrogens is 2. The zero-order valence-electron chi connectivity index (χ0n) is 17.4. The van der Waals surface area contributed by atoms with Gasteiger partial charge in [0.05, 0.1) is 18.3 Å². The number of phenolic OH excluding ortho intramolecular Hbond substituents is 1. The van der Waals surface area contributed by atoms with Crippen LogP contribution in [0.25, 0.3) is 11.3 Å². The van der Waals surface area contributed by atoms with Crippen molar-refractivity contribution in [2.45, 2.75) is 26.3 Å². The Kier molecular flexibility index (Phi) is 7.04. The topological polar surface area (TPSA) is 99.5 Å². The SMILES string of the molecule is CC(C)[C@@H](CO)Nc1nc(Nc2cccc(O)c2)cc(-c2cccc(OC(F)(F)F)c2)n1. The number of halogens is 3. The number of aliphatic hydroxyl groups is 1. The number of nitrogens with one attached hydrogen (secondary N) is 2. The first-order valence-electron chi connectivity index (χ1n) is 9.81. The summed E-state index contributed by atoms with van der Waals surface area (Å²) in [4.78, 5) is 8.81. The molecule has 1 heterocycles. The van der Waals surface area contributed by atoms with Crippen LogP contribution in [-0.4, -0.2) is 39.2 Å². The molecule has 0 amide bonds. The van der Waals surface area contributed by atoms with Gasteiger partial charge in [0.25, 0.3) is 0 Å². The van der Waals surface area contributed by atoms with Gasteiger partial charge in [-0.05, 0) is 30.2 Å². The van der Waals surface area contributed by atoms with Crippen LogP contribution in [0.1, 0.15) is 13.8 Å². The largest absolute Gasteiger partial charge is 0.573 e. The lowest BCUT2D eigenvalue weighted by molar-refractivity contribution is -0.274. The Hall–Kier alpha value is -3.53. The van der Waals surface area contributed by atoms with E-state index < -0.39 is 6.36 Å². The minimum atomic E-state index is -4.81. The summed E-state index contributed by atoms with van der Waals surface area (Å²) in [5.74, 6) is 0.268. The lowest BCUT2D eigenvalue weighted by Crippen LogP contribution is -2.30. The van der Waals surface area contributed by atoms with Crippen LogP contribution in [0.5, 0.6) is 11.5 Å². The van der Waals surface area contributed by atoms with Gasteiger partial charge in [-0.3, -0.25) is 0 Å². The highest BCUT2D eigenvalue weighted by Crippen LogP contribution is 2.30. The number of nitrogens with zero attached hydrogens (tertiary/aromatic N) is 2. The molecule has 0 aliphatic carbocycles. The maximum Gasteiger partial charge on any atom is 0.573 e. The fraction of sp³-hybridized carbons (Fsp3) is 0.273. The summed E-state index contributed by atoms with van der Waals surface area (Å²) in [6.07, 6.45) is -4.81. The van der Waals surface area contributed by atoms with E-state index in [1.54, 1.807) is 24.3 Å². The molecule has 0 saturated carbocycles. The third kappa shape index (κ3) is 6.48. The van der Waals surface area contributed by atoms with Crippen LogP contribution in [-0.2, 0) is 0 Å². The van der Waals surface area contributed by atoms with Crippen molar-refractivity contribution in [2.75, 3.05) is 17.2 Å². The van der Waals surface area contributed by atoms with Crippen molar-refractivity contribution in [3.8, 4) is 22.8 Å². The van der Waals surface area contributed by atoms with Crippen molar-refractivity contribution in [2.24, 2.45) is 5.92 Å². The van der Waals surface area contributed by atoms with Gasteiger partial charge in [-0.2, -0.15) is 4.98 Å². The fourth-order valence-electron chi connectivity index (χ4n) is 2.90. The number of phenols is 1. The molecule has 3 aromatic rings. The Bertz CT molecular complexity index is 1060. The third-order valence-corrected chi connectivity index (χ3v) is 4.52. The van der Waals surface area contributed by atoms with Crippen LogP contribution in [0, 0.1) is 5.92 Å². The van der Waals surface area contributed by atoms with E-state index in [0.717, 1.165) is 0 Å². The predicted octanol–water partition coefficient (Wildman–Crippen LogP) is 4.92. The van der Waals surface area contributed by atoms with E-state index >= 15 is 0 Å². The zero-order chi connectivity index (χ0) is 23.3. The van der Waals surface area contributed by atoms with Gasteiger partial charge >= 0.3 is 6.36 Å². The summed E-state index contributed by atoms with van der Waals surface area (Å²) >= 11 is 0. The second kappa shape index (κ2) is 9.73. The summed E-state index contributed by atoms with van der Waals surface area (Å²) in [5, 5.41) is 25.4. The lowest BCUT2D eigenvalue weighted by atomic mass is 10.1. The number of aliphatic hydroxyl groups excluding tert-OH is 1. The molecule has 7 nitrogen and oxygen atoms in total. The van der Waals surface area contributed by atoms with E-state index in [1.165, 1.54) is 30.3 Å². The first kappa shape index (κ1) is 23.1. The van der Waals surface area contributed by atoms with Gasteiger partial charge in [0, 0.05) is 23.4 Å². The van der Waals surface area contributed by atoms with Gasteiger partial charge in [-0.25, -0.2) is 4.98 Å². The maximum atomic E-state index is 12.6. The van der Waals surface area contributed by atoms with Crippen LogP contribution < -0.4 is 15.4 Å². The molecule has 170 valence electrons. The van der Waals surface area contributed by atoms with Crippen molar-refractivity contribution >= 4 is 17.5 Å². The van der Waals surface area contributed by atoms with Crippen LogP contribution in [0.3, 0.4) is 0 Å². The van der Waals surface area contributed by atoms with Gasteiger partial charge in [0.2, 0.25) is 5.95 Å². The van der Waals surface area contributed by atoms with E-state index in [-0.39, 0.29) is 36.0 Å². The van der Waals surface area contributed by atoms with Gasteiger partial charge in [-0.1, -0.05) is 32.0 Å². The van der Waals surface area contributed by atoms with Gasteiger partial charge in [-0.15, -0.1) is 13.2 Å². The van der Waals surface area contributed by atoms with Crippen molar-refractivity contribution in [3.05, 3.63) is 54.6 Å². The minimum absolute atomic E-state index is 0.0554. The molecule has 10 heteroatoms. The number of hydrogen-bond acceptors (Lipinski definition) is 7. The van der Waals surface area contributed by atoms with Crippen LogP contribution in [0.4, 0.5) is 30.6 Å². The van der Waals surface area contributed by atoms with Crippen molar-refractivity contribution in [1.29, 1.82) is 0 Å². The van der Waals surface area contributed by atoms with E-state index in [9.17, 15) is 23.4 Å². The Morgan fingerprint density at radius 1 is 1.03 bits per heavy atom. The van der Waals surface area contributed by atoms with E-state index in [4.69, 9.17) is 0 Å². The fourth-order valence-corrected chi connectivity index (χ4v) is 2.90. The second-order valence-corrected chi connectivity index (χ2v) is 7.39.